The molecule has 2 atom stereocenters. The van der Waals surface area contributed by atoms with Crippen LogP contribution in [0.15, 0.2) is 59.7 Å². The predicted molar refractivity (Wildman–Crippen MR) is 138 cm³/mol. The number of pyridine rings is 1. The predicted octanol–water partition coefficient (Wildman–Crippen LogP) is 4.99. The van der Waals surface area contributed by atoms with Gasteiger partial charge < -0.3 is 10.3 Å². The molecular formula is C28H26F2N6O2. The fraction of sp³-hybridized carbons (Fsp3) is 0.286. The molecule has 10 heteroatoms. The summed E-state index contributed by atoms with van der Waals surface area (Å²) in [7, 11) is 0. The third-order valence-corrected chi connectivity index (χ3v) is 7.87. The molecule has 38 heavy (non-hydrogen) atoms. The van der Waals surface area contributed by atoms with Gasteiger partial charge in [0, 0.05) is 6.20 Å². The molecule has 3 aromatic heterocycles. The van der Waals surface area contributed by atoms with Crippen molar-refractivity contribution in [3.63, 3.8) is 0 Å². The van der Waals surface area contributed by atoms with E-state index in [9.17, 15) is 18.4 Å². The van der Waals surface area contributed by atoms with Gasteiger partial charge in [-0.15, -0.1) is 5.10 Å². The quantitative estimate of drug-likeness (QED) is 0.386. The Labute approximate surface area is 217 Å². The lowest BCUT2D eigenvalue weighted by Gasteiger charge is -2.41. The van der Waals surface area contributed by atoms with Crippen molar-refractivity contribution in [2.24, 2.45) is 5.41 Å². The zero-order chi connectivity index (χ0) is 27.2. The van der Waals surface area contributed by atoms with Gasteiger partial charge in [-0.25, -0.2) is 18.7 Å². The molecule has 0 unspecified atom stereocenters. The minimum atomic E-state index is -0.769. The molecule has 1 amide bonds. The number of anilines is 1. The number of aromatic amines is 1. The fourth-order valence-corrected chi connectivity index (χ4v) is 5.58. The van der Waals surface area contributed by atoms with Gasteiger partial charge >= 0.3 is 0 Å². The number of amides is 1. The maximum absolute atomic E-state index is 14.6. The summed E-state index contributed by atoms with van der Waals surface area (Å²) in [4.78, 5) is 35.3. The van der Waals surface area contributed by atoms with Crippen molar-refractivity contribution in [2.45, 2.75) is 45.4 Å². The van der Waals surface area contributed by atoms with E-state index >= 15 is 0 Å². The van der Waals surface area contributed by atoms with Crippen molar-refractivity contribution >= 4 is 11.7 Å². The molecule has 1 aliphatic carbocycles. The Morgan fingerprint density at radius 2 is 1.79 bits per heavy atom. The average molecular weight is 517 g/mol. The van der Waals surface area contributed by atoms with Gasteiger partial charge in [0.2, 0.25) is 0 Å². The van der Waals surface area contributed by atoms with Crippen molar-refractivity contribution in [1.82, 2.24) is 25.1 Å². The number of carbonyl (C=O) groups excluding carboxylic acids is 1. The van der Waals surface area contributed by atoms with Gasteiger partial charge in [-0.05, 0) is 60.6 Å². The number of hydrogen-bond acceptors (Lipinski definition) is 6. The highest BCUT2D eigenvalue weighted by molar-refractivity contribution is 6.02. The first-order valence-corrected chi connectivity index (χ1v) is 12.2. The second-order valence-electron chi connectivity index (χ2n) is 10.1. The second kappa shape index (κ2) is 9.20. The van der Waals surface area contributed by atoms with E-state index in [1.807, 2.05) is 13.0 Å². The van der Waals surface area contributed by atoms with Crippen LogP contribution in [0.1, 0.15) is 67.5 Å². The number of halogens is 2. The molecule has 0 radical (unpaired) electrons. The molecule has 0 saturated carbocycles. The summed E-state index contributed by atoms with van der Waals surface area (Å²) in [6.07, 6.45) is 3.13. The van der Waals surface area contributed by atoms with Crippen LogP contribution >= 0.6 is 0 Å². The zero-order valence-electron chi connectivity index (χ0n) is 21.3. The Kier molecular flexibility index (Phi) is 6.13. The summed E-state index contributed by atoms with van der Waals surface area (Å²) in [5.41, 5.74) is 0.606. The Morgan fingerprint density at radius 1 is 1.08 bits per heavy atom. The van der Waals surface area contributed by atoms with Crippen molar-refractivity contribution in [3.05, 3.63) is 99.5 Å². The highest BCUT2D eigenvalue weighted by Gasteiger charge is 2.57. The van der Waals surface area contributed by atoms with Crippen molar-refractivity contribution in [2.75, 3.05) is 5.32 Å². The molecule has 0 bridgehead atoms. The average Bonchev–Trinajstić information content (AvgIpc) is 3.07. The molecule has 0 spiro atoms. The molecule has 1 aromatic carbocycles. The number of H-pyrrole nitrogens is 1. The number of nitrogens with zero attached hydrogens (tertiary/aromatic N) is 4. The summed E-state index contributed by atoms with van der Waals surface area (Å²) < 4.78 is 29.1. The molecule has 8 nitrogen and oxygen atoms in total. The van der Waals surface area contributed by atoms with Gasteiger partial charge in [-0.1, -0.05) is 32.9 Å². The molecule has 194 valence electrons. The Hall–Kier alpha value is -4.34. The summed E-state index contributed by atoms with van der Waals surface area (Å²) >= 11 is 0. The number of benzene rings is 1. The first-order chi connectivity index (χ1) is 18.1. The first kappa shape index (κ1) is 25.3. The van der Waals surface area contributed by atoms with Crippen LogP contribution < -0.4 is 10.9 Å². The number of aromatic nitrogens is 5. The molecule has 2 N–H and O–H groups in total. The fourth-order valence-electron chi connectivity index (χ4n) is 5.58. The minimum Gasteiger partial charge on any atom is -0.324 e. The third-order valence-electron chi connectivity index (χ3n) is 7.87. The van der Waals surface area contributed by atoms with E-state index in [0.29, 0.717) is 11.4 Å². The molecule has 0 saturated heterocycles. The van der Waals surface area contributed by atoms with Crippen LogP contribution in [-0.2, 0) is 5.41 Å². The largest absolute Gasteiger partial charge is 0.324 e. The normalized spacial score (nSPS) is 19.7. The number of nitrogens with one attached hydrogen (secondary N) is 2. The summed E-state index contributed by atoms with van der Waals surface area (Å²) in [5, 5.41) is 11.4. The summed E-state index contributed by atoms with van der Waals surface area (Å²) in [6.45, 7) is 8.27. The van der Waals surface area contributed by atoms with Gasteiger partial charge in [0.05, 0.1) is 34.3 Å². The third kappa shape index (κ3) is 3.87. The molecular weight excluding hydrogens is 490 g/mol. The van der Waals surface area contributed by atoms with Gasteiger partial charge in [-0.3, -0.25) is 9.59 Å². The summed E-state index contributed by atoms with van der Waals surface area (Å²) in [5.74, 6) is -1.73. The Bertz CT molecular complexity index is 1580. The van der Waals surface area contributed by atoms with Crippen LogP contribution in [0.2, 0.25) is 0 Å². The van der Waals surface area contributed by atoms with Crippen LogP contribution in [-0.4, -0.2) is 31.1 Å². The van der Waals surface area contributed by atoms with Crippen LogP contribution in [0.3, 0.4) is 0 Å². The topological polar surface area (TPSA) is 114 Å². The highest BCUT2D eigenvalue weighted by Crippen LogP contribution is 2.61. The second-order valence-corrected chi connectivity index (χ2v) is 10.1. The SMILES string of the molecule is CC[C@H]1c2cc(-c3c(F)cccc3F)nnc2[C@](C)(c2cccc(C(=O)Nc3c[nH]c(=O)cn3)n2)C1(C)C. The van der Waals surface area contributed by atoms with Crippen molar-refractivity contribution in [1.29, 1.82) is 0 Å². The number of hydrogen-bond donors (Lipinski definition) is 2. The molecule has 5 rings (SSSR count). The van der Waals surface area contributed by atoms with E-state index in [4.69, 9.17) is 4.98 Å². The van der Waals surface area contributed by atoms with E-state index in [1.165, 1.54) is 24.4 Å². The molecule has 4 aromatic rings. The van der Waals surface area contributed by atoms with Crippen LogP contribution in [0, 0.1) is 17.0 Å². The smallest absolute Gasteiger partial charge is 0.275 e. The standard InChI is InChI=1S/C28H26F2N6O2/c1-5-16-15-12-20(24-17(29)8-6-9-18(24)30)35-36-25(15)28(4,27(16,2)3)21-11-7-10-19(33-21)26(38)34-22-13-32-23(37)14-31-22/h6-14,16H,5H2,1-4H3,(H,32,37)(H,31,34,38)/t16-,28-/m0/s1. The Morgan fingerprint density at radius 3 is 2.45 bits per heavy atom. The minimum absolute atomic E-state index is 0.0174. The van der Waals surface area contributed by atoms with E-state index in [-0.39, 0.29) is 34.2 Å². The Balaban J connectivity index is 1.59. The monoisotopic (exact) mass is 516 g/mol. The zero-order valence-corrected chi connectivity index (χ0v) is 21.3. The van der Waals surface area contributed by atoms with Crippen LogP contribution in [0.5, 0.6) is 0 Å². The lowest BCUT2D eigenvalue weighted by atomic mass is 9.62. The maximum atomic E-state index is 14.6. The van der Waals surface area contributed by atoms with Gasteiger partial charge in [-0.2, -0.15) is 5.10 Å². The molecule has 1 aliphatic rings. The molecule has 0 aliphatic heterocycles. The number of fused-ring (bicyclic) bond motifs is 1. The summed E-state index contributed by atoms with van der Waals surface area (Å²) in [6, 6.07) is 10.6. The number of rotatable bonds is 5. The van der Waals surface area contributed by atoms with E-state index in [2.05, 4.69) is 46.3 Å². The highest BCUT2D eigenvalue weighted by atomic mass is 19.1. The maximum Gasteiger partial charge on any atom is 0.275 e. The molecule has 0 fully saturated rings. The van der Waals surface area contributed by atoms with E-state index in [1.54, 1.807) is 18.2 Å². The number of carbonyl (C=O) groups is 1. The first-order valence-electron chi connectivity index (χ1n) is 12.2. The van der Waals surface area contributed by atoms with E-state index in [0.717, 1.165) is 18.2 Å². The lowest BCUT2D eigenvalue weighted by Crippen LogP contribution is -2.40. The van der Waals surface area contributed by atoms with Crippen LogP contribution in [0.25, 0.3) is 11.3 Å². The van der Waals surface area contributed by atoms with Gasteiger partial charge in [0.25, 0.3) is 11.5 Å². The van der Waals surface area contributed by atoms with Crippen LogP contribution in [0.4, 0.5) is 14.6 Å². The molecule has 3 heterocycles. The van der Waals surface area contributed by atoms with Gasteiger partial charge in [0.15, 0.2) is 0 Å². The lowest BCUT2D eigenvalue weighted by molar-refractivity contribution is 0.102. The van der Waals surface area contributed by atoms with E-state index < -0.39 is 28.4 Å². The van der Waals surface area contributed by atoms with Gasteiger partial charge in [0.1, 0.15) is 23.1 Å². The van der Waals surface area contributed by atoms with Crippen molar-refractivity contribution in [3.8, 4) is 11.3 Å². The van der Waals surface area contributed by atoms with Crippen molar-refractivity contribution < 1.29 is 13.6 Å².